The van der Waals surface area contributed by atoms with Gasteiger partial charge in [0.25, 0.3) is 0 Å². The highest BCUT2D eigenvalue weighted by Gasteiger charge is 2.29. The summed E-state index contributed by atoms with van der Waals surface area (Å²) in [6.45, 7) is 6.06. The molecule has 1 aromatic rings. The molecule has 2 rings (SSSR count). The van der Waals surface area contributed by atoms with Crippen LogP contribution in [0.1, 0.15) is 45.6 Å². The second-order valence-corrected chi connectivity index (χ2v) is 6.83. The van der Waals surface area contributed by atoms with E-state index >= 15 is 0 Å². The number of rotatable bonds is 0. The molecule has 0 aromatic carbocycles. The van der Waals surface area contributed by atoms with E-state index in [2.05, 4.69) is 16.8 Å². The summed E-state index contributed by atoms with van der Waals surface area (Å²) in [4.78, 5) is 17.7. The van der Waals surface area contributed by atoms with Gasteiger partial charge in [0, 0.05) is 18.8 Å². The number of pyridine rings is 1. The number of aromatic nitrogens is 1. The third-order valence-corrected chi connectivity index (χ3v) is 3.53. The minimum atomic E-state index is -0.557. The topological polar surface area (TPSA) is 42.4 Å². The monoisotopic (exact) mass is 338 g/mol. The molecule has 0 spiro atoms. The Hall–Kier alpha value is -1.80. The summed E-state index contributed by atoms with van der Waals surface area (Å²) in [5.41, 5.74) is -0.386. The van der Waals surface area contributed by atoms with Gasteiger partial charge in [0.1, 0.15) is 16.6 Å². The Kier molecular flexibility index (Phi) is 5.48. The zero-order valence-corrected chi connectivity index (χ0v) is 14.3. The summed E-state index contributed by atoms with van der Waals surface area (Å²) in [7, 11) is 0. The first-order valence-corrected chi connectivity index (χ1v) is 7.96. The molecule has 23 heavy (non-hydrogen) atoms. The summed E-state index contributed by atoms with van der Waals surface area (Å²) in [6, 6.07) is 0.839. The van der Waals surface area contributed by atoms with E-state index in [1.807, 2.05) is 20.8 Å². The van der Waals surface area contributed by atoms with Crippen molar-refractivity contribution in [2.75, 3.05) is 6.54 Å². The van der Waals surface area contributed by atoms with Gasteiger partial charge in [0.15, 0.2) is 0 Å². The van der Waals surface area contributed by atoms with E-state index in [0.717, 1.165) is 25.3 Å². The Labute approximate surface area is 141 Å². The van der Waals surface area contributed by atoms with Crippen LogP contribution in [0.15, 0.2) is 12.3 Å². The molecular formula is C17H20ClFN2O2. The van der Waals surface area contributed by atoms with Crippen molar-refractivity contribution in [3.05, 3.63) is 28.8 Å². The van der Waals surface area contributed by atoms with Crippen LogP contribution in [0.3, 0.4) is 0 Å². The number of hydrogen-bond acceptors (Lipinski definition) is 3. The van der Waals surface area contributed by atoms with Crippen molar-refractivity contribution < 1.29 is 13.9 Å². The van der Waals surface area contributed by atoms with Crippen LogP contribution in [0.5, 0.6) is 0 Å². The average molecular weight is 339 g/mol. The van der Waals surface area contributed by atoms with Crippen molar-refractivity contribution in [2.24, 2.45) is 0 Å². The molecule has 1 unspecified atom stereocenters. The molecule has 6 heteroatoms. The van der Waals surface area contributed by atoms with Gasteiger partial charge in [-0.25, -0.2) is 14.2 Å². The first-order chi connectivity index (χ1) is 10.8. The molecule has 0 N–H and O–H groups in total. The van der Waals surface area contributed by atoms with Crippen LogP contribution in [-0.4, -0.2) is 34.2 Å². The molecule has 1 aromatic heterocycles. The molecular weight excluding hydrogens is 319 g/mol. The van der Waals surface area contributed by atoms with Gasteiger partial charge in [-0.2, -0.15) is 0 Å². The summed E-state index contributed by atoms with van der Waals surface area (Å²) in [6.07, 6.45) is 3.54. The molecule has 4 nitrogen and oxygen atoms in total. The Morgan fingerprint density at radius 2 is 2.22 bits per heavy atom. The standard InChI is InChI=1S/C17H20ClFN2O2/c1-17(2,3)23-16(22)21-9-5-4-6-13(21)8-7-12-11-20-15(18)10-14(12)19/h10-11,13H,4-6,9H2,1-3H3. The molecule has 1 atom stereocenters. The largest absolute Gasteiger partial charge is 0.444 e. The fourth-order valence-electron chi connectivity index (χ4n) is 2.28. The predicted octanol–water partition coefficient (Wildman–Crippen LogP) is 4.02. The van der Waals surface area contributed by atoms with E-state index in [9.17, 15) is 9.18 Å². The molecule has 1 aliphatic heterocycles. The molecule has 1 amide bonds. The maximum absolute atomic E-state index is 13.8. The highest BCUT2D eigenvalue weighted by atomic mass is 35.5. The molecule has 1 saturated heterocycles. The number of carbonyl (C=O) groups is 1. The van der Waals surface area contributed by atoms with Crippen molar-refractivity contribution in [1.29, 1.82) is 0 Å². The summed E-state index contributed by atoms with van der Waals surface area (Å²) >= 11 is 5.62. The summed E-state index contributed by atoms with van der Waals surface area (Å²) in [5, 5.41) is 0.0843. The van der Waals surface area contributed by atoms with Crippen molar-refractivity contribution in [2.45, 2.75) is 51.7 Å². The number of likely N-dealkylation sites (tertiary alicyclic amines) is 1. The minimum Gasteiger partial charge on any atom is -0.444 e. The van der Waals surface area contributed by atoms with E-state index in [4.69, 9.17) is 16.3 Å². The smallest absolute Gasteiger partial charge is 0.411 e. The second-order valence-electron chi connectivity index (χ2n) is 6.44. The molecule has 1 fully saturated rings. The zero-order valence-electron chi connectivity index (χ0n) is 13.5. The third-order valence-electron chi connectivity index (χ3n) is 3.32. The Bertz CT molecular complexity index is 646. The number of amides is 1. The average Bonchev–Trinajstić information content (AvgIpc) is 2.45. The highest BCUT2D eigenvalue weighted by molar-refractivity contribution is 6.29. The zero-order chi connectivity index (χ0) is 17.0. The van der Waals surface area contributed by atoms with Crippen molar-refractivity contribution >= 4 is 17.7 Å². The quantitative estimate of drug-likeness (QED) is 0.530. The van der Waals surface area contributed by atoms with Crippen LogP contribution in [-0.2, 0) is 4.74 Å². The van der Waals surface area contributed by atoms with Crippen LogP contribution < -0.4 is 0 Å². The lowest BCUT2D eigenvalue weighted by Crippen LogP contribution is -2.45. The molecule has 0 radical (unpaired) electrons. The lowest BCUT2D eigenvalue weighted by atomic mass is 10.0. The number of piperidine rings is 1. The maximum Gasteiger partial charge on any atom is 0.411 e. The number of hydrogen-bond donors (Lipinski definition) is 0. The highest BCUT2D eigenvalue weighted by Crippen LogP contribution is 2.20. The van der Waals surface area contributed by atoms with Gasteiger partial charge >= 0.3 is 6.09 Å². The Morgan fingerprint density at radius 1 is 1.48 bits per heavy atom. The van der Waals surface area contributed by atoms with E-state index in [0.29, 0.717) is 6.54 Å². The molecule has 0 saturated carbocycles. The van der Waals surface area contributed by atoms with Crippen LogP contribution in [0, 0.1) is 17.7 Å². The van der Waals surface area contributed by atoms with Gasteiger partial charge < -0.3 is 4.74 Å². The normalized spacial score (nSPS) is 18.1. The Morgan fingerprint density at radius 3 is 2.87 bits per heavy atom. The first-order valence-electron chi connectivity index (χ1n) is 7.58. The first kappa shape index (κ1) is 17.6. The van der Waals surface area contributed by atoms with E-state index in [1.54, 1.807) is 4.90 Å². The molecule has 124 valence electrons. The predicted molar refractivity (Wildman–Crippen MR) is 86.7 cm³/mol. The Balaban J connectivity index is 2.16. The minimum absolute atomic E-state index is 0.0843. The van der Waals surface area contributed by atoms with Crippen LogP contribution in [0.4, 0.5) is 9.18 Å². The fourth-order valence-corrected chi connectivity index (χ4v) is 2.43. The van der Waals surface area contributed by atoms with E-state index in [-0.39, 0.29) is 22.9 Å². The van der Waals surface area contributed by atoms with Crippen LogP contribution in [0.25, 0.3) is 0 Å². The number of carbonyl (C=O) groups excluding carboxylic acids is 1. The van der Waals surface area contributed by atoms with Crippen molar-refractivity contribution in [3.8, 4) is 11.8 Å². The van der Waals surface area contributed by atoms with E-state index in [1.165, 1.54) is 6.20 Å². The lowest BCUT2D eigenvalue weighted by molar-refractivity contribution is 0.0158. The molecule has 2 heterocycles. The summed E-state index contributed by atoms with van der Waals surface area (Å²) < 4.78 is 19.2. The van der Waals surface area contributed by atoms with E-state index < -0.39 is 11.4 Å². The van der Waals surface area contributed by atoms with Gasteiger partial charge in [0.05, 0.1) is 11.6 Å². The molecule has 0 aliphatic carbocycles. The van der Waals surface area contributed by atoms with Gasteiger partial charge in [0.2, 0.25) is 0 Å². The fraction of sp³-hybridized carbons (Fsp3) is 0.529. The molecule has 1 aliphatic rings. The summed E-state index contributed by atoms with van der Waals surface area (Å²) in [5.74, 6) is 5.21. The van der Waals surface area contributed by atoms with Crippen molar-refractivity contribution in [1.82, 2.24) is 9.88 Å². The maximum atomic E-state index is 13.8. The number of nitrogens with zero attached hydrogens (tertiary/aromatic N) is 2. The van der Waals surface area contributed by atoms with Crippen LogP contribution in [0.2, 0.25) is 5.15 Å². The van der Waals surface area contributed by atoms with Gasteiger partial charge in [-0.05, 0) is 40.0 Å². The van der Waals surface area contributed by atoms with Gasteiger partial charge in [-0.1, -0.05) is 23.4 Å². The third kappa shape index (κ3) is 5.11. The van der Waals surface area contributed by atoms with Gasteiger partial charge in [-0.3, -0.25) is 4.90 Å². The number of ether oxygens (including phenoxy) is 1. The van der Waals surface area contributed by atoms with Crippen LogP contribution >= 0.6 is 11.6 Å². The lowest BCUT2D eigenvalue weighted by Gasteiger charge is -2.34. The van der Waals surface area contributed by atoms with Gasteiger partial charge in [-0.15, -0.1) is 0 Å². The van der Waals surface area contributed by atoms with Crippen molar-refractivity contribution in [3.63, 3.8) is 0 Å². The second kappa shape index (κ2) is 7.18. The SMILES string of the molecule is CC(C)(C)OC(=O)N1CCCCC1C#Cc1cnc(Cl)cc1F. The molecule has 0 bridgehead atoms. The number of halogens is 2.